The number of nitrogen functional groups attached to an aromatic ring is 1. The first-order valence-corrected chi connectivity index (χ1v) is 7.23. The highest BCUT2D eigenvalue weighted by molar-refractivity contribution is 6.31. The molecule has 22 heavy (non-hydrogen) atoms. The van der Waals surface area contributed by atoms with E-state index < -0.39 is 0 Å². The summed E-state index contributed by atoms with van der Waals surface area (Å²) >= 11 is 5.88. The molecule has 2 aromatic rings. The van der Waals surface area contributed by atoms with Crippen LogP contribution in [0, 0.1) is 0 Å². The average molecular weight is 317 g/mol. The lowest BCUT2D eigenvalue weighted by molar-refractivity contribution is -0.137. The van der Waals surface area contributed by atoms with Crippen molar-refractivity contribution in [1.29, 1.82) is 0 Å². The van der Waals surface area contributed by atoms with E-state index in [1.807, 2.05) is 30.3 Å². The number of anilines is 3. The molecule has 114 valence electrons. The van der Waals surface area contributed by atoms with Crippen LogP contribution < -0.4 is 11.1 Å². The predicted octanol–water partition coefficient (Wildman–Crippen LogP) is 4.24. The van der Waals surface area contributed by atoms with E-state index in [1.54, 1.807) is 25.1 Å². The number of hydrogen-bond acceptors (Lipinski definition) is 4. The monoisotopic (exact) mass is 316 g/mol. The van der Waals surface area contributed by atoms with Crippen molar-refractivity contribution < 1.29 is 9.53 Å². The van der Waals surface area contributed by atoms with Crippen LogP contribution in [0.3, 0.4) is 0 Å². The second-order valence-electron chi connectivity index (χ2n) is 4.57. The van der Waals surface area contributed by atoms with Gasteiger partial charge >= 0.3 is 5.97 Å². The van der Waals surface area contributed by atoms with Gasteiger partial charge in [-0.2, -0.15) is 0 Å². The first-order valence-electron chi connectivity index (χ1n) is 6.85. The van der Waals surface area contributed by atoms with E-state index in [2.05, 4.69) is 5.32 Å². The summed E-state index contributed by atoms with van der Waals surface area (Å²) in [5.41, 5.74) is 9.00. The summed E-state index contributed by atoms with van der Waals surface area (Å²) in [5, 5.41) is 3.81. The molecule has 0 bridgehead atoms. The molecule has 0 spiro atoms. The van der Waals surface area contributed by atoms with Crippen LogP contribution in [-0.4, -0.2) is 12.6 Å². The summed E-state index contributed by atoms with van der Waals surface area (Å²) in [5.74, 6) is -0.359. The van der Waals surface area contributed by atoms with Gasteiger partial charge in [0.25, 0.3) is 0 Å². The van der Waals surface area contributed by atoms with Crippen molar-refractivity contribution in [2.75, 3.05) is 17.7 Å². The first kappa shape index (κ1) is 15.9. The third kappa shape index (κ3) is 4.53. The lowest BCUT2D eigenvalue weighted by Gasteiger charge is -2.10. The van der Waals surface area contributed by atoms with Crippen LogP contribution in [-0.2, 0) is 9.53 Å². The Hall–Kier alpha value is -2.46. The number of halogens is 1. The van der Waals surface area contributed by atoms with E-state index >= 15 is 0 Å². The minimum Gasteiger partial charge on any atom is -0.463 e. The van der Waals surface area contributed by atoms with Crippen molar-refractivity contribution in [3.05, 3.63) is 59.1 Å². The summed E-state index contributed by atoms with van der Waals surface area (Å²) in [7, 11) is 0. The Kier molecular flexibility index (Phi) is 5.44. The number of benzene rings is 2. The van der Waals surface area contributed by atoms with E-state index in [1.165, 1.54) is 6.08 Å². The van der Waals surface area contributed by atoms with Gasteiger partial charge in [0.15, 0.2) is 0 Å². The largest absolute Gasteiger partial charge is 0.463 e. The van der Waals surface area contributed by atoms with Crippen molar-refractivity contribution in [3.8, 4) is 0 Å². The molecule has 0 unspecified atom stereocenters. The normalized spacial score (nSPS) is 10.6. The summed E-state index contributed by atoms with van der Waals surface area (Å²) in [4.78, 5) is 11.3. The van der Waals surface area contributed by atoms with E-state index in [9.17, 15) is 4.79 Å². The van der Waals surface area contributed by atoms with Gasteiger partial charge in [-0.25, -0.2) is 4.79 Å². The van der Waals surface area contributed by atoms with E-state index in [0.717, 1.165) is 16.9 Å². The minimum atomic E-state index is -0.359. The molecular weight excluding hydrogens is 300 g/mol. The van der Waals surface area contributed by atoms with Crippen molar-refractivity contribution in [1.82, 2.24) is 0 Å². The number of carbonyl (C=O) groups excluding carboxylic acids is 1. The molecule has 0 amide bonds. The Morgan fingerprint density at radius 1 is 1.32 bits per heavy atom. The molecule has 0 atom stereocenters. The quantitative estimate of drug-likeness (QED) is 0.492. The highest BCUT2D eigenvalue weighted by Crippen LogP contribution is 2.26. The molecule has 0 fully saturated rings. The van der Waals surface area contributed by atoms with Gasteiger partial charge in [-0.1, -0.05) is 23.7 Å². The van der Waals surface area contributed by atoms with Gasteiger partial charge < -0.3 is 15.8 Å². The maximum absolute atomic E-state index is 11.3. The van der Waals surface area contributed by atoms with Crippen molar-refractivity contribution in [2.24, 2.45) is 0 Å². The molecule has 0 aliphatic heterocycles. The van der Waals surface area contributed by atoms with Crippen LogP contribution in [0.5, 0.6) is 0 Å². The molecule has 4 nitrogen and oxygen atoms in total. The summed E-state index contributed by atoms with van der Waals surface area (Å²) < 4.78 is 4.85. The summed E-state index contributed by atoms with van der Waals surface area (Å²) in [6, 6.07) is 12.9. The molecule has 0 saturated carbocycles. The standard InChI is InChI=1S/C17H17ClN2O2/c1-2-22-17(21)9-6-12-4-3-5-14(10-12)20-16-8-7-13(18)11-15(16)19/h3-11,20H,2,19H2,1H3. The third-order valence-electron chi connectivity index (χ3n) is 2.88. The first-order chi connectivity index (χ1) is 10.6. The third-order valence-corrected chi connectivity index (χ3v) is 3.11. The smallest absolute Gasteiger partial charge is 0.330 e. The molecular formula is C17H17ClN2O2. The van der Waals surface area contributed by atoms with Crippen LogP contribution in [0.15, 0.2) is 48.5 Å². The fourth-order valence-corrected chi connectivity index (χ4v) is 2.06. The van der Waals surface area contributed by atoms with Crippen LogP contribution in [0.4, 0.5) is 17.1 Å². The van der Waals surface area contributed by atoms with Crippen molar-refractivity contribution >= 4 is 40.7 Å². The zero-order chi connectivity index (χ0) is 15.9. The van der Waals surface area contributed by atoms with Gasteiger partial charge in [0.2, 0.25) is 0 Å². The predicted molar refractivity (Wildman–Crippen MR) is 91.3 cm³/mol. The van der Waals surface area contributed by atoms with Gasteiger partial charge in [0, 0.05) is 16.8 Å². The molecule has 5 heteroatoms. The van der Waals surface area contributed by atoms with Gasteiger partial charge in [-0.15, -0.1) is 0 Å². The molecule has 0 saturated heterocycles. The second kappa shape index (κ2) is 7.52. The fourth-order valence-electron chi connectivity index (χ4n) is 1.88. The summed E-state index contributed by atoms with van der Waals surface area (Å²) in [6.07, 6.45) is 3.10. The van der Waals surface area contributed by atoms with Gasteiger partial charge in [0.1, 0.15) is 0 Å². The molecule has 2 aromatic carbocycles. The van der Waals surface area contributed by atoms with Crippen LogP contribution in [0.25, 0.3) is 6.08 Å². The highest BCUT2D eigenvalue weighted by atomic mass is 35.5. The zero-order valence-electron chi connectivity index (χ0n) is 12.2. The Morgan fingerprint density at radius 2 is 2.14 bits per heavy atom. The maximum Gasteiger partial charge on any atom is 0.330 e. The van der Waals surface area contributed by atoms with E-state index in [-0.39, 0.29) is 5.97 Å². The lowest BCUT2D eigenvalue weighted by Crippen LogP contribution is -1.98. The van der Waals surface area contributed by atoms with Gasteiger partial charge in [0.05, 0.1) is 18.0 Å². The zero-order valence-corrected chi connectivity index (χ0v) is 12.9. The number of rotatable bonds is 5. The number of carbonyl (C=O) groups is 1. The molecule has 0 aromatic heterocycles. The Morgan fingerprint density at radius 3 is 2.86 bits per heavy atom. The molecule has 3 N–H and O–H groups in total. The van der Waals surface area contributed by atoms with Gasteiger partial charge in [-0.05, 0) is 48.9 Å². The molecule has 2 rings (SSSR count). The average Bonchev–Trinajstić information content (AvgIpc) is 2.49. The van der Waals surface area contributed by atoms with E-state index in [4.69, 9.17) is 22.1 Å². The second-order valence-corrected chi connectivity index (χ2v) is 5.00. The number of hydrogen-bond donors (Lipinski definition) is 2. The number of esters is 1. The van der Waals surface area contributed by atoms with E-state index in [0.29, 0.717) is 17.3 Å². The number of nitrogens with one attached hydrogen (secondary N) is 1. The van der Waals surface area contributed by atoms with Crippen LogP contribution >= 0.6 is 11.6 Å². The minimum absolute atomic E-state index is 0.359. The maximum atomic E-state index is 11.3. The molecule has 0 aliphatic carbocycles. The number of nitrogens with two attached hydrogens (primary N) is 1. The topological polar surface area (TPSA) is 64.3 Å². The fraction of sp³-hybridized carbons (Fsp3) is 0.118. The Labute approximate surface area is 134 Å². The Balaban J connectivity index is 2.13. The molecule has 0 radical (unpaired) electrons. The van der Waals surface area contributed by atoms with Crippen molar-refractivity contribution in [3.63, 3.8) is 0 Å². The molecule has 0 heterocycles. The molecule has 0 aliphatic rings. The van der Waals surface area contributed by atoms with Crippen LogP contribution in [0.2, 0.25) is 5.02 Å². The SMILES string of the molecule is CCOC(=O)C=Cc1cccc(Nc2ccc(Cl)cc2N)c1. The van der Waals surface area contributed by atoms with Crippen molar-refractivity contribution in [2.45, 2.75) is 6.92 Å². The van der Waals surface area contributed by atoms with Gasteiger partial charge in [-0.3, -0.25) is 0 Å². The van der Waals surface area contributed by atoms with Crippen LogP contribution in [0.1, 0.15) is 12.5 Å². The lowest BCUT2D eigenvalue weighted by atomic mass is 10.1. The Bertz CT molecular complexity index is 699. The summed E-state index contributed by atoms with van der Waals surface area (Å²) in [6.45, 7) is 2.13. The number of ether oxygens (including phenoxy) is 1. The highest BCUT2D eigenvalue weighted by Gasteiger charge is 2.01.